The highest BCUT2D eigenvalue weighted by molar-refractivity contribution is 7.19. The summed E-state index contributed by atoms with van der Waals surface area (Å²) >= 11 is 1.31. The van der Waals surface area contributed by atoms with Gasteiger partial charge in [0.1, 0.15) is 15.6 Å². The first-order valence-corrected chi connectivity index (χ1v) is 7.73. The van der Waals surface area contributed by atoms with Crippen LogP contribution in [0.15, 0.2) is 0 Å². The second kappa shape index (κ2) is 6.83. The molecule has 0 aliphatic heterocycles. The minimum Gasteiger partial charge on any atom is -0.486 e. The third-order valence-corrected chi connectivity index (χ3v) is 3.98. The first-order chi connectivity index (χ1) is 9.27. The highest BCUT2D eigenvalue weighted by Crippen LogP contribution is 2.45. The number of nitrogens with zero attached hydrogens (tertiary/aromatic N) is 1. The summed E-state index contributed by atoms with van der Waals surface area (Å²) in [4.78, 5) is 14.0. The predicted octanol–water partition coefficient (Wildman–Crippen LogP) is 2.70. The molecule has 0 unspecified atom stereocenters. The Kier molecular flexibility index (Phi) is 5.68. The number of nitrogens with two attached hydrogens (primary N) is 2. The average molecular weight is 299 g/mol. The van der Waals surface area contributed by atoms with E-state index in [-0.39, 0.29) is 6.10 Å². The average Bonchev–Trinajstić information content (AvgIpc) is 2.63. The highest BCUT2D eigenvalue weighted by atomic mass is 32.1. The molecule has 5 nitrogen and oxygen atoms in total. The van der Waals surface area contributed by atoms with Crippen molar-refractivity contribution in [2.24, 2.45) is 11.7 Å². The molecule has 114 valence electrons. The maximum atomic E-state index is 11.5. The van der Waals surface area contributed by atoms with E-state index in [1.54, 1.807) is 0 Å². The van der Waals surface area contributed by atoms with Crippen LogP contribution in [-0.4, -0.2) is 25.1 Å². The lowest BCUT2D eigenvalue weighted by molar-refractivity contribution is 0.100. The molecule has 0 aliphatic rings. The van der Waals surface area contributed by atoms with E-state index in [0.29, 0.717) is 22.2 Å². The van der Waals surface area contributed by atoms with Crippen LogP contribution >= 0.6 is 11.3 Å². The summed E-state index contributed by atoms with van der Waals surface area (Å²) in [7, 11) is 0. The molecule has 0 aliphatic carbocycles. The number of anilines is 2. The van der Waals surface area contributed by atoms with Crippen molar-refractivity contribution in [1.29, 1.82) is 0 Å². The Hall–Kier alpha value is -1.43. The van der Waals surface area contributed by atoms with Gasteiger partial charge < -0.3 is 21.1 Å². The number of rotatable bonds is 7. The van der Waals surface area contributed by atoms with Gasteiger partial charge in [-0.2, -0.15) is 0 Å². The molecule has 0 saturated carbocycles. The summed E-state index contributed by atoms with van der Waals surface area (Å²) in [5.41, 5.74) is 11.8. The van der Waals surface area contributed by atoms with Gasteiger partial charge in [0.05, 0.1) is 6.10 Å². The Morgan fingerprint density at radius 3 is 2.35 bits per heavy atom. The van der Waals surface area contributed by atoms with E-state index in [1.165, 1.54) is 11.3 Å². The van der Waals surface area contributed by atoms with Crippen molar-refractivity contribution >= 4 is 27.9 Å². The number of thiophene rings is 1. The van der Waals surface area contributed by atoms with E-state index in [2.05, 4.69) is 25.7 Å². The third-order valence-electron chi connectivity index (χ3n) is 2.71. The van der Waals surface area contributed by atoms with E-state index in [1.807, 2.05) is 13.8 Å². The lowest BCUT2D eigenvalue weighted by atomic mass is 10.2. The van der Waals surface area contributed by atoms with Gasteiger partial charge in [0, 0.05) is 13.1 Å². The van der Waals surface area contributed by atoms with Crippen LogP contribution in [-0.2, 0) is 0 Å². The van der Waals surface area contributed by atoms with Gasteiger partial charge in [0.25, 0.3) is 5.91 Å². The van der Waals surface area contributed by atoms with Gasteiger partial charge in [-0.1, -0.05) is 13.8 Å². The fourth-order valence-electron chi connectivity index (χ4n) is 1.95. The summed E-state index contributed by atoms with van der Waals surface area (Å²) in [6.07, 6.45) is -0.0101. The monoisotopic (exact) mass is 299 g/mol. The first kappa shape index (κ1) is 16.6. The molecule has 0 spiro atoms. The smallest absolute Gasteiger partial charge is 0.261 e. The molecule has 0 fully saturated rings. The first-order valence-electron chi connectivity index (χ1n) is 6.91. The van der Waals surface area contributed by atoms with Gasteiger partial charge in [-0.3, -0.25) is 4.79 Å². The normalized spacial score (nSPS) is 11.2. The zero-order valence-corrected chi connectivity index (χ0v) is 13.7. The number of hydrogen-bond acceptors (Lipinski definition) is 5. The Morgan fingerprint density at radius 1 is 1.35 bits per heavy atom. The molecule has 0 aromatic carbocycles. The fraction of sp³-hybridized carbons (Fsp3) is 0.643. The number of nitrogen functional groups attached to an aromatic ring is 1. The van der Waals surface area contributed by atoms with Gasteiger partial charge in [-0.15, -0.1) is 11.3 Å². The molecule has 0 bridgehead atoms. The molecule has 1 aromatic heterocycles. The van der Waals surface area contributed by atoms with Crippen LogP contribution in [0.1, 0.15) is 44.3 Å². The molecular weight excluding hydrogens is 274 g/mol. The summed E-state index contributed by atoms with van der Waals surface area (Å²) < 4.78 is 5.81. The van der Waals surface area contributed by atoms with Crippen molar-refractivity contribution in [3.8, 4) is 5.75 Å². The Morgan fingerprint density at radius 2 is 1.95 bits per heavy atom. The van der Waals surface area contributed by atoms with Gasteiger partial charge >= 0.3 is 0 Å². The predicted molar refractivity (Wildman–Crippen MR) is 85.7 cm³/mol. The second-order valence-corrected chi connectivity index (χ2v) is 6.44. The lowest BCUT2D eigenvalue weighted by Crippen LogP contribution is -2.27. The number of hydrogen-bond donors (Lipinski definition) is 2. The fourth-order valence-corrected chi connectivity index (χ4v) is 3.03. The maximum Gasteiger partial charge on any atom is 0.261 e. The molecule has 0 radical (unpaired) electrons. The standard InChI is InChI=1S/C14H25N3O2S/c1-6-17(7-8(2)3)14-11(19-9(4)5)10(15)12(20-14)13(16)18/h8-9H,6-7,15H2,1-5H3,(H2,16,18). The summed E-state index contributed by atoms with van der Waals surface area (Å²) in [5, 5.41) is 0.890. The van der Waals surface area contributed by atoms with Crippen LogP contribution in [0.3, 0.4) is 0 Å². The van der Waals surface area contributed by atoms with E-state index in [9.17, 15) is 4.79 Å². The van der Waals surface area contributed by atoms with Gasteiger partial charge in [0.15, 0.2) is 5.75 Å². The molecule has 1 aromatic rings. The number of amides is 1. The quantitative estimate of drug-likeness (QED) is 0.811. The minimum absolute atomic E-state index is 0.0101. The largest absolute Gasteiger partial charge is 0.486 e. The van der Waals surface area contributed by atoms with E-state index in [0.717, 1.165) is 18.1 Å². The van der Waals surface area contributed by atoms with Crippen molar-refractivity contribution in [3.05, 3.63) is 4.88 Å². The van der Waals surface area contributed by atoms with Crippen LogP contribution in [0.5, 0.6) is 5.75 Å². The molecular formula is C14H25N3O2S. The molecule has 20 heavy (non-hydrogen) atoms. The highest BCUT2D eigenvalue weighted by Gasteiger charge is 2.25. The molecule has 6 heteroatoms. The van der Waals surface area contributed by atoms with Crippen molar-refractivity contribution in [3.63, 3.8) is 0 Å². The number of ether oxygens (including phenoxy) is 1. The Balaban J connectivity index is 3.27. The summed E-state index contributed by atoms with van der Waals surface area (Å²) in [6.45, 7) is 11.9. The molecule has 0 atom stereocenters. The van der Waals surface area contributed by atoms with Crippen molar-refractivity contribution < 1.29 is 9.53 Å². The Bertz CT molecular complexity index is 469. The molecule has 1 rings (SSSR count). The second-order valence-electron chi connectivity index (χ2n) is 5.44. The van der Waals surface area contributed by atoms with E-state index >= 15 is 0 Å². The van der Waals surface area contributed by atoms with Gasteiger partial charge in [-0.25, -0.2) is 0 Å². The van der Waals surface area contributed by atoms with E-state index in [4.69, 9.17) is 16.2 Å². The van der Waals surface area contributed by atoms with Crippen LogP contribution in [0.2, 0.25) is 0 Å². The number of carbonyl (C=O) groups is 1. The maximum absolute atomic E-state index is 11.5. The SMILES string of the molecule is CCN(CC(C)C)c1sc(C(N)=O)c(N)c1OC(C)C. The topological polar surface area (TPSA) is 81.6 Å². The van der Waals surface area contributed by atoms with Crippen LogP contribution < -0.4 is 21.1 Å². The van der Waals surface area contributed by atoms with Crippen LogP contribution in [0, 0.1) is 5.92 Å². The molecule has 1 amide bonds. The lowest BCUT2D eigenvalue weighted by Gasteiger charge is -2.25. The van der Waals surface area contributed by atoms with Gasteiger partial charge in [-0.05, 0) is 26.7 Å². The molecule has 4 N–H and O–H groups in total. The van der Waals surface area contributed by atoms with Crippen molar-refractivity contribution in [2.75, 3.05) is 23.7 Å². The van der Waals surface area contributed by atoms with Crippen molar-refractivity contribution in [1.82, 2.24) is 0 Å². The van der Waals surface area contributed by atoms with Crippen LogP contribution in [0.25, 0.3) is 0 Å². The molecule has 1 heterocycles. The van der Waals surface area contributed by atoms with Gasteiger partial charge in [0.2, 0.25) is 0 Å². The number of carbonyl (C=O) groups excluding carboxylic acids is 1. The van der Waals surface area contributed by atoms with Crippen molar-refractivity contribution in [2.45, 2.75) is 40.7 Å². The third kappa shape index (κ3) is 3.79. The van der Waals surface area contributed by atoms with E-state index < -0.39 is 5.91 Å². The summed E-state index contributed by atoms with van der Waals surface area (Å²) in [5.74, 6) is 0.580. The van der Waals surface area contributed by atoms with Crippen LogP contribution in [0.4, 0.5) is 10.7 Å². The zero-order valence-electron chi connectivity index (χ0n) is 12.9. The minimum atomic E-state index is -0.507. The Labute approximate surface area is 124 Å². The molecule has 0 saturated heterocycles. The summed E-state index contributed by atoms with van der Waals surface area (Å²) in [6, 6.07) is 0. The zero-order chi connectivity index (χ0) is 15.4. The number of primary amides is 1.